The predicted octanol–water partition coefficient (Wildman–Crippen LogP) is 0.0986. The number of non-ortho nitro benzene ring substituents is 1. The Bertz CT molecular complexity index is 619. The summed E-state index contributed by atoms with van der Waals surface area (Å²) in [7, 11) is 0. The molecule has 2 fully saturated rings. The van der Waals surface area contributed by atoms with Crippen LogP contribution >= 0.6 is 0 Å². The maximum absolute atomic E-state index is 12.4. The Morgan fingerprint density at radius 1 is 1.04 bits per heavy atom. The number of carbonyl (C=O) groups is 2. The van der Waals surface area contributed by atoms with Crippen molar-refractivity contribution < 1.29 is 14.5 Å². The minimum absolute atomic E-state index is 0.0360. The average molecular weight is 318 g/mol. The third kappa shape index (κ3) is 3.16. The number of rotatable bonds is 3. The highest BCUT2D eigenvalue weighted by molar-refractivity contribution is 5.94. The standard InChI is InChI=1S/C15H18N4O4/c20-14(11-1-3-13(4-2-11)19(22)23)17-5-7-18(8-6-17)15(21)12-9-16-10-12/h1-4,12,16H,5-10H2. The highest BCUT2D eigenvalue weighted by Crippen LogP contribution is 2.16. The van der Waals surface area contributed by atoms with Crippen LogP contribution in [0.3, 0.4) is 0 Å². The summed E-state index contributed by atoms with van der Waals surface area (Å²) in [5, 5.41) is 13.7. The number of benzene rings is 1. The number of nitro benzene ring substituents is 1. The van der Waals surface area contributed by atoms with Gasteiger partial charge >= 0.3 is 0 Å². The van der Waals surface area contributed by atoms with Crippen molar-refractivity contribution in [2.75, 3.05) is 39.3 Å². The van der Waals surface area contributed by atoms with Crippen molar-refractivity contribution in [1.29, 1.82) is 0 Å². The van der Waals surface area contributed by atoms with Gasteiger partial charge in [0.25, 0.3) is 11.6 Å². The molecule has 0 saturated carbocycles. The zero-order valence-electron chi connectivity index (χ0n) is 12.6. The largest absolute Gasteiger partial charge is 0.339 e. The van der Waals surface area contributed by atoms with Crippen LogP contribution in [0.15, 0.2) is 24.3 Å². The fraction of sp³-hybridized carbons (Fsp3) is 0.467. The van der Waals surface area contributed by atoms with Crippen molar-refractivity contribution in [1.82, 2.24) is 15.1 Å². The van der Waals surface area contributed by atoms with E-state index in [-0.39, 0.29) is 23.4 Å². The molecule has 23 heavy (non-hydrogen) atoms. The van der Waals surface area contributed by atoms with Gasteiger partial charge in [0.1, 0.15) is 0 Å². The maximum atomic E-state index is 12.4. The van der Waals surface area contributed by atoms with E-state index in [1.54, 1.807) is 4.90 Å². The van der Waals surface area contributed by atoms with Crippen molar-refractivity contribution in [3.8, 4) is 0 Å². The van der Waals surface area contributed by atoms with E-state index in [0.29, 0.717) is 31.7 Å². The zero-order chi connectivity index (χ0) is 16.4. The van der Waals surface area contributed by atoms with Crippen molar-refractivity contribution in [2.45, 2.75) is 0 Å². The number of piperazine rings is 1. The van der Waals surface area contributed by atoms with Gasteiger partial charge < -0.3 is 15.1 Å². The van der Waals surface area contributed by atoms with E-state index in [2.05, 4.69) is 5.32 Å². The summed E-state index contributed by atoms with van der Waals surface area (Å²) in [6, 6.07) is 5.60. The van der Waals surface area contributed by atoms with Gasteiger partial charge in [-0.05, 0) is 12.1 Å². The molecule has 2 heterocycles. The van der Waals surface area contributed by atoms with Crippen LogP contribution in [0.2, 0.25) is 0 Å². The third-order valence-corrected chi connectivity index (χ3v) is 4.33. The monoisotopic (exact) mass is 318 g/mol. The smallest absolute Gasteiger partial charge is 0.269 e. The Balaban J connectivity index is 1.57. The van der Waals surface area contributed by atoms with Gasteiger partial charge in [-0.25, -0.2) is 0 Å². The Labute approximate surface area is 133 Å². The van der Waals surface area contributed by atoms with E-state index in [9.17, 15) is 19.7 Å². The van der Waals surface area contributed by atoms with Gasteiger partial charge in [0.15, 0.2) is 0 Å². The number of nitrogens with one attached hydrogen (secondary N) is 1. The number of carbonyl (C=O) groups excluding carboxylic acids is 2. The van der Waals surface area contributed by atoms with Gasteiger partial charge in [-0.3, -0.25) is 19.7 Å². The van der Waals surface area contributed by atoms with Crippen LogP contribution in [0.1, 0.15) is 10.4 Å². The Morgan fingerprint density at radius 2 is 1.61 bits per heavy atom. The van der Waals surface area contributed by atoms with Crippen LogP contribution in [0.5, 0.6) is 0 Å². The molecule has 2 saturated heterocycles. The summed E-state index contributed by atoms with van der Waals surface area (Å²) >= 11 is 0. The molecule has 2 amide bonds. The van der Waals surface area contributed by atoms with Gasteiger partial charge in [0.2, 0.25) is 5.91 Å². The van der Waals surface area contributed by atoms with Crippen LogP contribution < -0.4 is 5.32 Å². The molecule has 0 aliphatic carbocycles. The highest BCUT2D eigenvalue weighted by atomic mass is 16.6. The van der Waals surface area contributed by atoms with Gasteiger partial charge in [-0.2, -0.15) is 0 Å². The second-order valence-corrected chi connectivity index (χ2v) is 5.78. The summed E-state index contributed by atoms with van der Waals surface area (Å²) in [5.41, 5.74) is 0.393. The number of nitro groups is 1. The molecule has 3 rings (SSSR count). The number of hydrogen-bond acceptors (Lipinski definition) is 5. The zero-order valence-corrected chi connectivity index (χ0v) is 12.6. The molecule has 1 aromatic rings. The van der Waals surface area contributed by atoms with Gasteiger partial charge in [-0.15, -0.1) is 0 Å². The maximum Gasteiger partial charge on any atom is 0.269 e. The summed E-state index contributed by atoms with van der Waals surface area (Å²) in [6.07, 6.45) is 0. The lowest BCUT2D eigenvalue weighted by molar-refractivity contribution is -0.384. The summed E-state index contributed by atoms with van der Waals surface area (Å²) in [6.45, 7) is 3.52. The van der Waals surface area contributed by atoms with Crippen LogP contribution in [-0.2, 0) is 4.79 Å². The van der Waals surface area contributed by atoms with Crippen molar-refractivity contribution >= 4 is 17.5 Å². The quantitative estimate of drug-likeness (QED) is 0.630. The van der Waals surface area contributed by atoms with Crippen LogP contribution in [0, 0.1) is 16.0 Å². The lowest BCUT2D eigenvalue weighted by Crippen LogP contribution is -2.57. The minimum Gasteiger partial charge on any atom is -0.339 e. The fourth-order valence-electron chi connectivity index (χ4n) is 2.76. The third-order valence-electron chi connectivity index (χ3n) is 4.33. The van der Waals surface area contributed by atoms with E-state index in [4.69, 9.17) is 0 Å². The fourth-order valence-corrected chi connectivity index (χ4v) is 2.76. The summed E-state index contributed by atoms with van der Waals surface area (Å²) in [4.78, 5) is 38.2. The first-order chi connectivity index (χ1) is 11.1. The molecule has 2 aliphatic heterocycles. The van der Waals surface area contributed by atoms with E-state index < -0.39 is 4.92 Å². The SMILES string of the molecule is O=C(c1ccc([N+](=O)[O-])cc1)N1CCN(C(=O)C2CNC2)CC1. The molecule has 0 aromatic heterocycles. The predicted molar refractivity (Wildman–Crippen MR) is 81.9 cm³/mol. The molecule has 2 aliphatic rings. The van der Waals surface area contributed by atoms with E-state index in [1.807, 2.05) is 4.90 Å². The summed E-state index contributed by atoms with van der Waals surface area (Å²) < 4.78 is 0. The van der Waals surface area contributed by atoms with Crippen molar-refractivity contribution in [2.24, 2.45) is 5.92 Å². The van der Waals surface area contributed by atoms with Gasteiger partial charge in [-0.1, -0.05) is 0 Å². The Morgan fingerprint density at radius 3 is 2.09 bits per heavy atom. The summed E-state index contributed by atoms with van der Waals surface area (Å²) in [5.74, 6) is 0.0791. The molecular weight excluding hydrogens is 300 g/mol. The molecule has 0 unspecified atom stereocenters. The first-order valence-corrected chi connectivity index (χ1v) is 7.59. The van der Waals surface area contributed by atoms with Crippen LogP contribution in [0.4, 0.5) is 5.69 Å². The molecule has 1 aromatic carbocycles. The second kappa shape index (κ2) is 6.33. The van der Waals surface area contributed by atoms with E-state index in [0.717, 1.165) is 13.1 Å². The Hall–Kier alpha value is -2.48. The topological polar surface area (TPSA) is 95.8 Å². The van der Waals surface area contributed by atoms with Crippen molar-refractivity contribution in [3.05, 3.63) is 39.9 Å². The van der Waals surface area contributed by atoms with Crippen LogP contribution in [0.25, 0.3) is 0 Å². The lowest BCUT2D eigenvalue weighted by atomic mass is 10.0. The highest BCUT2D eigenvalue weighted by Gasteiger charge is 2.32. The van der Waals surface area contributed by atoms with E-state index in [1.165, 1.54) is 24.3 Å². The molecule has 0 atom stereocenters. The average Bonchev–Trinajstić information content (AvgIpc) is 2.53. The van der Waals surface area contributed by atoms with Gasteiger partial charge in [0.05, 0.1) is 10.8 Å². The first-order valence-electron chi connectivity index (χ1n) is 7.59. The molecule has 0 radical (unpaired) electrons. The van der Waals surface area contributed by atoms with E-state index >= 15 is 0 Å². The van der Waals surface area contributed by atoms with Crippen molar-refractivity contribution in [3.63, 3.8) is 0 Å². The Kier molecular flexibility index (Phi) is 4.24. The molecule has 0 spiro atoms. The minimum atomic E-state index is -0.492. The lowest BCUT2D eigenvalue weighted by Gasteiger charge is -2.38. The molecule has 122 valence electrons. The second-order valence-electron chi connectivity index (χ2n) is 5.78. The molecule has 8 nitrogen and oxygen atoms in total. The van der Waals surface area contributed by atoms with Gasteiger partial charge in [0, 0.05) is 57.0 Å². The number of hydrogen-bond donors (Lipinski definition) is 1. The first kappa shape index (κ1) is 15.4. The number of nitrogens with zero attached hydrogens (tertiary/aromatic N) is 3. The molecule has 0 bridgehead atoms. The normalized spacial score (nSPS) is 18.4. The number of amides is 2. The molecule has 8 heteroatoms. The molecule has 1 N–H and O–H groups in total. The van der Waals surface area contributed by atoms with Crippen LogP contribution in [-0.4, -0.2) is 65.8 Å². The molecular formula is C15H18N4O4.